The number of aliphatic hydroxyl groups excluding tert-OH is 1. The average molecular weight is 753 g/mol. The van der Waals surface area contributed by atoms with Crippen molar-refractivity contribution in [2.75, 3.05) is 69.1 Å². The summed E-state index contributed by atoms with van der Waals surface area (Å²) in [5, 5.41) is 10.3. The molecule has 0 radical (unpaired) electrons. The van der Waals surface area contributed by atoms with Crippen LogP contribution in [-0.2, 0) is 20.3 Å². The molecule has 292 valence electrons. The van der Waals surface area contributed by atoms with Crippen LogP contribution in [0.1, 0.15) is 49.7 Å². The van der Waals surface area contributed by atoms with Crippen LogP contribution in [0.5, 0.6) is 34.5 Å². The standard InChI is InChI=1S/C22H28O6.C20H32O4Si/c1-24-18-7-5-14(10-20(18)26-3)9-16-13-28-22(17(16)12-23)15-6-8-19(25-2)21(11-15)27-4;1-14-12-23-19(15-9-10-17(21-5)18(11-15)22-6)16(14)13-24-25(7,8)20(2,3)4/h5-8,10-11,16-17,22-23H,9,12-13H2,1-4H3;9-11,16,19H,1,12-13H2,2-8H3/t16-,17-,22+;16-,19+/m00/s1. The molecule has 1 N–H and O–H groups in total. The first-order valence-corrected chi connectivity index (χ1v) is 21.0. The van der Waals surface area contributed by atoms with Crippen molar-refractivity contribution < 1.29 is 47.4 Å². The van der Waals surface area contributed by atoms with Crippen molar-refractivity contribution in [3.63, 3.8) is 0 Å². The first-order chi connectivity index (χ1) is 25.2. The Kier molecular flexibility index (Phi) is 14.7. The molecular formula is C42H60O10Si. The monoisotopic (exact) mass is 752 g/mol. The van der Waals surface area contributed by atoms with Crippen LogP contribution in [0.2, 0.25) is 18.1 Å². The molecule has 0 saturated carbocycles. The normalized spacial score (nSPS) is 21.4. The SMILES string of the molecule is C=C1CO[C@H](c2ccc(OC)c(OC)c2)[C@H]1CO[Si](C)(C)C(C)(C)C.COc1ccc(C[C@H]2CO[C@H](c3ccc(OC)c(OC)c3)[C@H]2CO)cc1OC. The summed E-state index contributed by atoms with van der Waals surface area (Å²) in [7, 11) is 7.95. The highest BCUT2D eigenvalue weighted by atomic mass is 28.4. The molecule has 2 aliphatic heterocycles. The molecule has 3 aromatic rings. The second-order valence-electron chi connectivity index (χ2n) is 15.1. The van der Waals surface area contributed by atoms with E-state index in [0.717, 1.165) is 34.4 Å². The number of ether oxygens (including phenoxy) is 8. The van der Waals surface area contributed by atoms with Crippen LogP contribution >= 0.6 is 0 Å². The van der Waals surface area contributed by atoms with Gasteiger partial charge >= 0.3 is 0 Å². The van der Waals surface area contributed by atoms with Crippen LogP contribution in [0.3, 0.4) is 0 Å². The van der Waals surface area contributed by atoms with Crippen LogP contribution in [0, 0.1) is 17.8 Å². The summed E-state index contributed by atoms with van der Waals surface area (Å²) in [6, 6.07) is 17.6. The molecule has 0 bridgehead atoms. The Morgan fingerprint density at radius 2 is 1.19 bits per heavy atom. The second-order valence-corrected chi connectivity index (χ2v) is 19.9. The van der Waals surface area contributed by atoms with E-state index in [4.69, 9.17) is 42.3 Å². The molecule has 5 rings (SSSR count). The van der Waals surface area contributed by atoms with E-state index in [1.54, 1.807) is 42.7 Å². The van der Waals surface area contributed by atoms with E-state index in [1.807, 2.05) is 54.6 Å². The molecule has 2 fully saturated rings. The Morgan fingerprint density at radius 3 is 1.68 bits per heavy atom. The molecule has 0 aliphatic carbocycles. The van der Waals surface area contributed by atoms with Gasteiger partial charge in [-0.1, -0.05) is 45.5 Å². The zero-order chi connectivity index (χ0) is 38.9. The third kappa shape index (κ3) is 9.87. The van der Waals surface area contributed by atoms with Gasteiger partial charge in [-0.05, 0) is 89.1 Å². The van der Waals surface area contributed by atoms with E-state index >= 15 is 0 Å². The number of hydrogen-bond acceptors (Lipinski definition) is 10. The Balaban J connectivity index is 0.000000238. The summed E-state index contributed by atoms with van der Waals surface area (Å²) in [4.78, 5) is 0. The first-order valence-electron chi connectivity index (χ1n) is 18.1. The molecule has 2 aliphatic rings. The Morgan fingerprint density at radius 1 is 0.698 bits per heavy atom. The third-order valence-corrected chi connectivity index (χ3v) is 15.4. The summed E-state index contributed by atoms with van der Waals surface area (Å²) in [6.07, 6.45) is 0.544. The molecule has 0 aromatic heterocycles. The lowest BCUT2D eigenvalue weighted by molar-refractivity contribution is 0.0717. The predicted octanol–water partition coefficient (Wildman–Crippen LogP) is 8.23. The van der Waals surface area contributed by atoms with Gasteiger partial charge in [0.25, 0.3) is 0 Å². The first kappa shape index (κ1) is 42.0. The number of aliphatic hydroxyl groups is 1. The van der Waals surface area contributed by atoms with Gasteiger partial charge in [0.1, 0.15) is 0 Å². The molecule has 3 aromatic carbocycles. The van der Waals surface area contributed by atoms with Gasteiger partial charge in [0.15, 0.2) is 42.8 Å². The highest BCUT2D eigenvalue weighted by Gasteiger charge is 2.41. The summed E-state index contributed by atoms with van der Waals surface area (Å²) in [6.45, 7) is 17.4. The third-order valence-electron chi connectivity index (χ3n) is 10.9. The van der Waals surface area contributed by atoms with Crippen LogP contribution in [0.15, 0.2) is 66.7 Å². The molecule has 10 nitrogen and oxygen atoms in total. The maximum Gasteiger partial charge on any atom is 0.192 e. The maximum absolute atomic E-state index is 10.1. The molecule has 0 unspecified atom stereocenters. The van der Waals surface area contributed by atoms with Crippen molar-refractivity contribution in [3.8, 4) is 34.5 Å². The van der Waals surface area contributed by atoms with E-state index in [2.05, 4.69) is 40.4 Å². The molecule has 2 heterocycles. The molecular weight excluding hydrogens is 693 g/mol. The summed E-state index contributed by atoms with van der Waals surface area (Å²) in [5.74, 6) is 4.52. The van der Waals surface area contributed by atoms with E-state index in [9.17, 15) is 5.11 Å². The Labute approximate surface area is 317 Å². The van der Waals surface area contributed by atoms with Crippen molar-refractivity contribution in [2.45, 2.75) is 57.5 Å². The minimum Gasteiger partial charge on any atom is -0.493 e. The molecule has 0 amide bonds. The fourth-order valence-corrected chi connectivity index (χ4v) is 7.60. The van der Waals surface area contributed by atoms with Crippen molar-refractivity contribution >= 4 is 8.32 Å². The summed E-state index contributed by atoms with van der Waals surface area (Å²) in [5.41, 5.74) is 4.27. The van der Waals surface area contributed by atoms with E-state index in [0.29, 0.717) is 48.6 Å². The lowest BCUT2D eigenvalue weighted by Gasteiger charge is -2.37. The zero-order valence-corrected chi connectivity index (χ0v) is 34.4. The van der Waals surface area contributed by atoms with Crippen molar-refractivity contribution in [1.82, 2.24) is 0 Å². The molecule has 53 heavy (non-hydrogen) atoms. The fraction of sp³-hybridized carbons (Fsp3) is 0.524. The second kappa shape index (κ2) is 18.5. The van der Waals surface area contributed by atoms with Gasteiger partial charge < -0.3 is 47.4 Å². The van der Waals surface area contributed by atoms with Crippen molar-refractivity contribution in [3.05, 3.63) is 83.4 Å². The van der Waals surface area contributed by atoms with Crippen molar-refractivity contribution in [2.24, 2.45) is 17.8 Å². The topological polar surface area (TPSA) is 103 Å². The van der Waals surface area contributed by atoms with Gasteiger partial charge in [-0.15, -0.1) is 0 Å². The van der Waals surface area contributed by atoms with E-state index < -0.39 is 8.32 Å². The smallest absolute Gasteiger partial charge is 0.192 e. The summed E-state index contributed by atoms with van der Waals surface area (Å²) >= 11 is 0. The number of rotatable bonds is 14. The van der Waals surface area contributed by atoms with Crippen LogP contribution in [-0.4, -0.2) is 82.5 Å². The van der Waals surface area contributed by atoms with Crippen molar-refractivity contribution in [1.29, 1.82) is 0 Å². The minimum atomic E-state index is -1.81. The van der Waals surface area contributed by atoms with Crippen LogP contribution < -0.4 is 28.4 Å². The molecule has 0 spiro atoms. The number of benzene rings is 3. The quantitative estimate of drug-likeness (QED) is 0.128. The number of methoxy groups -OCH3 is 6. The van der Waals surface area contributed by atoms with E-state index in [1.165, 1.54) is 0 Å². The van der Waals surface area contributed by atoms with Gasteiger partial charge in [0.2, 0.25) is 0 Å². The lowest BCUT2D eigenvalue weighted by Crippen LogP contribution is -2.42. The van der Waals surface area contributed by atoms with Gasteiger partial charge in [0, 0.05) is 25.0 Å². The van der Waals surface area contributed by atoms with Gasteiger partial charge in [0.05, 0.1) is 68.1 Å². The van der Waals surface area contributed by atoms with E-state index in [-0.39, 0.29) is 41.6 Å². The van der Waals surface area contributed by atoms with Gasteiger partial charge in [-0.2, -0.15) is 0 Å². The highest BCUT2D eigenvalue weighted by Crippen LogP contribution is 2.44. The van der Waals surface area contributed by atoms with Gasteiger partial charge in [-0.3, -0.25) is 0 Å². The minimum absolute atomic E-state index is 0.00815. The molecule has 11 heteroatoms. The lowest BCUT2D eigenvalue weighted by atomic mass is 9.84. The van der Waals surface area contributed by atoms with Crippen LogP contribution in [0.25, 0.3) is 0 Å². The number of hydrogen-bond donors (Lipinski definition) is 1. The average Bonchev–Trinajstić information content (AvgIpc) is 3.74. The highest BCUT2D eigenvalue weighted by molar-refractivity contribution is 6.74. The molecule has 5 atom stereocenters. The summed E-state index contributed by atoms with van der Waals surface area (Å²) < 4.78 is 50.7. The Hall–Kier alpha value is -3.74. The maximum atomic E-state index is 10.1. The van der Waals surface area contributed by atoms with Gasteiger partial charge in [-0.25, -0.2) is 0 Å². The fourth-order valence-electron chi connectivity index (χ4n) is 6.57. The predicted molar refractivity (Wildman–Crippen MR) is 210 cm³/mol. The zero-order valence-electron chi connectivity index (χ0n) is 33.4. The van der Waals surface area contributed by atoms with Crippen LogP contribution in [0.4, 0.5) is 0 Å². The largest absolute Gasteiger partial charge is 0.493 e. The molecule has 2 saturated heterocycles. The Bertz CT molecular complexity index is 1650.